The minimum Gasteiger partial charge on any atom is -0.273 e. The number of amidine groups is 1. The first-order valence-electron chi connectivity index (χ1n) is 3.65. The van der Waals surface area contributed by atoms with Gasteiger partial charge in [0.2, 0.25) is 5.91 Å². The Morgan fingerprint density at radius 3 is 3.09 bits per heavy atom. The largest absolute Gasteiger partial charge is 0.273 e. The Hall–Kier alpha value is -0.510. The van der Waals surface area contributed by atoms with Gasteiger partial charge in [-0.15, -0.1) is 0 Å². The summed E-state index contributed by atoms with van der Waals surface area (Å²) in [7, 11) is 0. The third-order valence-electron chi connectivity index (χ3n) is 1.41. The van der Waals surface area contributed by atoms with Gasteiger partial charge in [-0.05, 0) is 6.42 Å². The zero-order valence-corrected chi connectivity index (χ0v) is 7.52. The molecule has 0 spiro atoms. The van der Waals surface area contributed by atoms with E-state index in [9.17, 15) is 4.79 Å². The van der Waals surface area contributed by atoms with E-state index in [1.54, 1.807) is 11.8 Å². The monoisotopic (exact) mass is 171 g/mol. The first-order chi connectivity index (χ1) is 5.22. The molecule has 4 heteroatoms. The molecule has 1 fully saturated rings. The molecule has 0 aliphatic carbocycles. The fraction of sp³-hybridized carbons (Fsp3) is 0.714. The topological polar surface area (TPSA) is 43.5 Å². The van der Waals surface area contributed by atoms with Crippen LogP contribution < -0.4 is 5.32 Å². The summed E-state index contributed by atoms with van der Waals surface area (Å²) in [6.45, 7) is 4.37. The predicted molar refractivity (Wildman–Crippen MR) is 46.8 cm³/mol. The summed E-state index contributed by atoms with van der Waals surface area (Å²) in [6.07, 6.45) is 1.09. The second kappa shape index (κ2) is 3.76. The highest BCUT2D eigenvalue weighted by atomic mass is 32.2. The Morgan fingerprint density at radius 1 is 1.91 bits per heavy atom. The number of hydrogen-bond donors (Lipinski definition) is 0. The van der Waals surface area contributed by atoms with Crippen LogP contribution in [0.3, 0.4) is 0 Å². The average molecular weight is 171 g/mol. The quantitative estimate of drug-likeness (QED) is 0.591. The summed E-state index contributed by atoms with van der Waals surface area (Å²) >= 11 is 1.60. The van der Waals surface area contributed by atoms with Crippen LogP contribution in [-0.2, 0) is 4.79 Å². The number of carbonyl (C=O) groups excluding carboxylic acids is 1. The molecule has 0 bridgehead atoms. The Morgan fingerprint density at radius 2 is 2.64 bits per heavy atom. The molecule has 0 aromatic carbocycles. The minimum atomic E-state index is -0.159. The van der Waals surface area contributed by atoms with Gasteiger partial charge in [-0.1, -0.05) is 18.7 Å². The van der Waals surface area contributed by atoms with E-state index < -0.39 is 0 Å². The van der Waals surface area contributed by atoms with E-state index in [1.807, 2.05) is 0 Å². The molecule has 1 saturated heterocycles. The van der Waals surface area contributed by atoms with Crippen molar-refractivity contribution in [2.24, 2.45) is 4.99 Å². The van der Waals surface area contributed by atoms with Gasteiger partial charge in [0.05, 0.1) is 6.54 Å². The molecule has 1 heterocycles. The number of hydrogen-bond acceptors (Lipinski definition) is 2. The predicted octanol–water partition coefficient (Wildman–Crippen LogP) is 1.02. The van der Waals surface area contributed by atoms with Crippen LogP contribution in [0.25, 0.3) is 0 Å². The van der Waals surface area contributed by atoms with E-state index in [1.165, 1.54) is 6.92 Å². The van der Waals surface area contributed by atoms with Crippen molar-refractivity contribution >= 4 is 22.8 Å². The van der Waals surface area contributed by atoms with E-state index in [4.69, 9.17) is 0 Å². The van der Waals surface area contributed by atoms with Crippen LogP contribution in [0.15, 0.2) is 4.99 Å². The van der Waals surface area contributed by atoms with Gasteiger partial charge < -0.3 is 0 Å². The SMILES string of the molecule is CCC1C[N]C(=NC(C)=O)S1. The molecule has 0 aromatic rings. The third-order valence-corrected chi connectivity index (χ3v) is 2.66. The van der Waals surface area contributed by atoms with E-state index in [-0.39, 0.29) is 5.91 Å². The number of thioether (sulfide) groups is 1. The van der Waals surface area contributed by atoms with Crippen LogP contribution in [-0.4, -0.2) is 22.9 Å². The van der Waals surface area contributed by atoms with Crippen molar-refractivity contribution in [3.8, 4) is 0 Å². The molecule has 0 N–H and O–H groups in total. The summed E-state index contributed by atoms with van der Waals surface area (Å²) in [5.74, 6) is -0.159. The number of aliphatic imine (C=N–C) groups is 1. The molecular weight excluding hydrogens is 160 g/mol. The van der Waals surface area contributed by atoms with Gasteiger partial charge >= 0.3 is 0 Å². The maximum absolute atomic E-state index is 10.5. The molecule has 11 heavy (non-hydrogen) atoms. The van der Waals surface area contributed by atoms with Gasteiger partial charge in [0.25, 0.3) is 0 Å². The number of rotatable bonds is 1. The molecule has 61 valence electrons. The second-order valence-corrected chi connectivity index (χ2v) is 3.67. The molecule has 1 aliphatic heterocycles. The van der Waals surface area contributed by atoms with Crippen molar-refractivity contribution < 1.29 is 4.79 Å². The Labute approximate surface area is 70.7 Å². The number of nitrogens with zero attached hydrogens (tertiary/aromatic N) is 2. The van der Waals surface area contributed by atoms with Crippen LogP contribution in [0, 0.1) is 0 Å². The molecule has 1 unspecified atom stereocenters. The van der Waals surface area contributed by atoms with Gasteiger partial charge in [-0.3, -0.25) is 10.1 Å². The average Bonchev–Trinajstić information content (AvgIpc) is 2.34. The third kappa shape index (κ3) is 2.54. The second-order valence-electron chi connectivity index (χ2n) is 2.40. The maximum Gasteiger partial charge on any atom is 0.245 e. The van der Waals surface area contributed by atoms with Crippen LogP contribution >= 0.6 is 11.8 Å². The molecule has 1 amide bonds. The van der Waals surface area contributed by atoms with Crippen LogP contribution in [0.4, 0.5) is 0 Å². The van der Waals surface area contributed by atoms with Crippen molar-refractivity contribution in [3.63, 3.8) is 0 Å². The van der Waals surface area contributed by atoms with Gasteiger partial charge in [0, 0.05) is 12.2 Å². The highest BCUT2D eigenvalue weighted by Gasteiger charge is 2.20. The van der Waals surface area contributed by atoms with Crippen molar-refractivity contribution in [2.75, 3.05) is 6.54 Å². The Bertz CT molecular complexity index is 191. The van der Waals surface area contributed by atoms with E-state index >= 15 is 0 Å². The van der Waals surface area contributed by atoms with Gasteiger partial charge in [-0.2, -0.15) is 4.99 Å². The van der Waals surface area contributed by atoms with E-state index in [0.29, 0.717) is 10.4 Å². The molecule has 1 rings (SSSR count). The van der Waals surface area contributed by atoms with Crippen LogP contribution in [0.5, 0.6) is 0 Å². The zero-order chi connectivity index (χ0) is 8.27. The van der Waals surface area contributed by atoms with Gasteiger partial charge in [0.15, 0.2) is 5.17 Å². The number of amides is 1. The van der Waals surface area contributed by atoms with Gasteiger partial charge in [0.1, 0.15) is 0 Å². The standard InChI is InChI=1S/C7H11N2OS/c1-3-6-4-8-7(11-6)9-5(2)10/h6H,3-4H2,1-2H3. The maximum atomic E-state index is 10.5. The van der Waals surface area contributed by atoms with Crippen molar-refractivity contribution in [3.05, 3.63) is 0 Å². The van der Waals surface area contributed by atoms with Crippen LogP contribution in [0.2, 0.25) is 0 Å². The Balaban J connectivity index is 2.47. The molecule has 0 aromatic heterocycles. The lowest BCUT2D eigenvalue weighted by Crippen LogP contribution is -2.08. The lowest BCUT2D eigenvalue weighted by atomic mass is 10.3. The smallest absolute Gasteiger partial charge is 0.245 e. The van der Waals surface area contributed by atoms with Crippen molar-refractivity contribution in [1.82, 2.24) is 5.32 Å². The van der Waals surface area contributed by atoms with Gasteiger partial charge in [-0.25, -0.2) is 0 Å². The van der Waals surface area contributed by atoms with E-state index in [2.05, 4.69) is 17.2 Å². The molecule has 1 radical (unpaired) electrons. The highest BCUT2D eigenvalue weighted by Crippen LogP contribution is 2.21. The van der Waals surface area contributed by atoms with Crippen molar-refractivity contribution in [1.29, 1.82) is 0 Å². The molecule has 1 aliphatic rings. The summed E-state index contributed by atoms with van der Waals surface area (Å²) in [5.41, 5.74) is 0. The molecule has 1 atom stereocenters. The lowest BCUT2D eigenvalue weighted by Gasteiger charge is -1.96. The molecular formula is C7H11N2OS. The zero-order valence-electron chi connectivity index (χ0n) is 6.70. The summed E-state index contributed by atoms with van der Waals surface area (Å²) in [5, 5.41) is 5.31. The highest BCUT2D eigenvalue weighted by molar-refractivity contribution is 8.14. The first kappa shape index (κ1) is 8.59. The molecule has 0 saturated carbocycles. The fourth-order valence-electron chi connectivity index (χ4n) is 0.812. The fourth-order valence-corrected chi connectivity index (χ4v) is 1.76. The summed E-state index contributed by atoms with van der Waals surface area (Å²) < 4.78 is 0. The van der Waals surface area contributed by atoms with E-state index in [0.717, 1.165) is 13.0 Å². The number of carbonyl (C=O) groups is 1. The summed E-state index contributed by atoms with van der Waals surface area (Å²) in [4.78, 5) is 14.3. The first-order valence-corrected chi connectivity index (χ1v) is 4.53. The van der Waals surface area contributed by atoms with Crippen molar-refractivity contribution in [2.45, 2.75) is 25.5 Å². The molecule has 3 nitrogen and oxygen atoms in total. The van der Waals surface area contributed by atoms with Crippen LogP contribution in [0.1, 0.15) is 20.3 Å². The summed E-state index contributed by atoms with van der Waals surface area (Å²) in [6, 6.07) is 0. The lowest BCUT2D eigenvalue weighted by molar-refractivity contribution is -0.115. The normalized spacial score (nSPS) is 27.1. The Kier molecular flexibility index (Phi) is 2.93. The minimum absolute atomic E-state index is 0.159.